The minimum Gasteiger partial charge on any atom is -0.356 e. The first-order chi connectivity index (χ1) is 13.6. The van der Waals surface area contributed by atoms with Gasteiger partial charge in [-0.2, -0.15) is 0 Å². The van der Waals surface area contributed by atoms with E-state index in [1.165, 1.54) is 11.1 Å². The third-order valence-electron chi connectivity index (χ3n) is 6.38. The molecular formula is C25H34N2O. The Labute approximate surface area is 170 Å². The van der Waals surface area contributed by atoms with Crippen LogP contribution >= 0.6 is 0 Å². The van der Waals surface area contributed by atoms with Crippen LogP contribution in [0.2, 0.25) is 0 Å². The second-order valence-corrected chi connectivity index (χ2v) is 8.38. The number of nitrogens with one attached hydrogen (secondary N) is 1. The molecule has 2 aromatic carbocycles. The Morgan fingerprint density at radius 1 is 1.00 bits per heavy atom. The molecule has 1 N–H and O–H groups in total. The van der Waals surface area contributed by atoms with E-state index in [9.17, 15) is 4.79 Å². The summed E-state index contributed by atoms with van der Waals surface area (Å²) >= 11 is 0. The van der Waals surface area contributed by atoms with Crippen LogP contribution in [0.3, 0.4) is 0 Å². The number of amides is 1. The van der Waals surface area contributed by atoms with Gasteiger partial charge in [-0.3, -0.25) is 9.69 Å². The zero-order valence-corrected chi connectivity index (χ0v) is 17.4. The summed E-state index contributed by atoms with van der Waals surface area (Å²) in [5.41, 5.74) is 2.86. The zero-order valence-electron chi connectivity index (χ0n) is 17.4. The lowest BCUT2D eigenvalue weighted by molar-refractivity contribution is -0.122. The summed E-state index contributed by atoms with van der Waals surface area (Å²) in [6.45, 7) is 0.770. The molecule has 0 radical (unpaired) electrons. The highest BCUT2D eigenvalue weighted by atomic mass is 16.1. The molecule has 0 aliphatic heterocycles. The zero-order chi connectivity index (χ0) is 19.8. The van der Waals surface area contributed by atoms with E-state index in [4.69, 9.17) is 0 Å². The second-order valence-electron chi connectivity index (χ2n) is 8.38. The predicted molar refractivity (Wildman–Crippen MR) is 116 cm³/mol. The number of carbonyl (C=O) groups excluding carboxylic acids is 1. The molecular weight excluding hydrogens is 344 g/mol. The number of hydrogen-bond donors (Lipinski definition) is 1. The van der Waals surface area contributed by atoms with Crippen LogP contribution in [0.4, 0.5) is 0 Å². The Bertz CT molecular complexity index is 719. The van der Waals surface area contributed by atoms with Crippen LogP contribution in [0.5, 0.6) is 0 Å². The predicted octanol–water partition coefficient (Wildman–Crippen LogP) is 4.77. The Kier molecular flexibility index (Phi) is 7.27. The van der Waals surface area contributed by atoms with Crippen LogP contribution in [0, 0.1) is 5.92 Å². The Balaban J connectivity index is 1.42. The van der Waals surface area contributed by atoms with Gasteiger partial charge < -0.3 is 5.32 Å². The molecule has 1 aliphatic rings. The highest BCUT2D eigenvalue weighted by Gasteiger charge is 2.38. The maximum Gasteiger partial charge on any atom is 0.220 e. The molecule has 3 nitrogen and oxygen atoms in total. The highest BCUT2D eigenvalue weighted by molar-refractivity contribution is 5.76. The van der Waals surface area contributed by atoms with Crippen LogP contribution in [0.25, 0.3) is 0 Å². The van der Waals surface area contributed by atoms with Gasteiger partial charge in [0.05, 0.1) is 0 Å². The lowest BCUT2D eigenvalue weighted by Gasteiger charge is -2.45. The van der Waals surface area contributed by atoms with E-state index >= 15 is 0 Å². The standard InChI is InChI=1S/C25H34N2O/c1-27(2)25(23-13-7-4-8-14-23)17-15-22(16-18-25)20-24(28)26-19-9-12-21-10-5-3-6-11-21/h3-8,10-11,13-14,22H,9,12,15-20H2,1-2H3,(H,26,28). The van der Waals surface area contributed by atoms with Crippen molar-refractivity contribution in [3.8, 4) is 0 Å². The lowest BCUT2D eigenvalue weighted by Crippen LogP contribution is -2.44. The molecule has 0 bridgehead atoms. The fourth-order valence-electron chi connectivity index (χ4n) is 4.60. The van der Waals surface area contributed by atoms with Gasteiger partial charge in [0.1, 0.15) is 0 Å². The van der Waals surface area contributed by atoms with Crippen molar-refractivity contribution in [1.82, 2.24) is 10.2 Å². The summed E-state index contributed by atoms with van der Waals surface area (Å²) in [5.74, 6) is 0.723. The number of hydrogen-bond acceptors (Lipinski definition) is 2. The van der Waals surface area contributed by atoms with E-state index in [1.54, 1.807) is 0 Å². The molecule has 0 heterocycles. The van der Waals surface area contributed by atoms with E-state index < -0.39 is 0 Å². The first-order valence-electron chi connectivity index (χ1n) is 10.6. The summed E-state index contributed by atoms with van der Waals surface area (Å²) in [5, 5.41) is 3.13. The molecule has 0 saturated heterocycles. The summed E-state index contributed by atoms with van der Waals surface area (Å²) < 4.78 is 0. The van der Waals surface area contributed by atoms with Gasteiger partial charge in [0.15, 0.2) is 0 Å². The number of rotatable bonds is 8. The number of carbonyl (C=O) groups is 1. The minimum absolute atomic E-state index is 0.115. The molecule has 1 aliphatic carbocycles. The van der Waals surface area contributed by atoms with Crippen molar-refractivity contribution in [3.63, 3.8) is 0 Å². The van der Waals surface area contributed by atoms with E-state index in [0.717, 1.165) is 45.1 Å². The number of aryl methyl sites for hydroxylation is 1. The normalized spacial score (nSPS) is 22.2. The Morgan fingerprint density at radius 3 is 2.21 bits per heavy atom. The summed E-state index contributed by atoms with van der Waals surface area (Å²) in [7, 11) is 4.37. The van der Waals surface area contributed by atoms with Crippen molar-refractivity contribution in [1.29, 1.82) is 0 Å². The first kappa shape index (κ1) is 20.6. The number of nitrogens with zero attached hydrogens (tertiary/aromatic N) is 1. The van der Waals surface area contributed by atoms with Crippen LogP contribution in [-0.4, -0.2) is 31.4 Å². The molecule has 0 atom stereocenters. The molecule has 3 rings (SSSR count). The second kappa shape index (κ2) is 9.88. The van der Waals surface area contributed by atoms with Gasteiger partial charge >= 0.3 is 0 Å². The summed E-state index contributed by atoms with van der Waals surface area (Å²) in [6, 6.07) is 21.3. The number of benzene rings is 2. The van der Waals surface area contributed by atoms with Crippen LogP contribution in [-0.2, 0) is 16.8 Å². The molecule has 3 heteroatoms. The molecule has 0 aromatic heterocycles. The molecule has 1 amide bonds. The Morgan fingerprint density at radius 2 is 1.61 bits per heavy atom. The summed E-state index contributed by atoms with van der Waals surface area (Å²) in [6.07, 6.45) is 7.16. The van der Waals surface area contributed by atoms with E-state index in [1.807, 2.05) is 6.07 Å². The van der Waals surface area contributed by atoms with Crippen molar-refractivity contribution in [2.75, 3.05) is 20.6 Å². The van der Waals surface area contributed by atoms with Crippen LogP contribution in [0.15, 0.2) is 60.7 Å². The van der Waals surface area contributed by atoms with Gasteiger partial charge in [-0.05, 0) is 69.7 Å². The van der Waals surface area contributed by atoms with Gasteiger partial charge in [0.2, 0.25) is 5.91 Å². The molecule has 2 aromatic rings. The van der Waals surface area contributed by atoms with Gasteiger partial charge in [-0.1, -0.05) is 60.7 Å². The van der Waals surface area contributed by atoms with Crippen molar-refractivity contribution in [2.45, 2.75) is 50.5 Å². The Hall–Kier alpha value is -2.13. The van der Waals surface area contributed by atoms with E-state index in [2.05, 4.69) is 78.9 Å². The van der Waals surface area contributed by atoms with Crippen molar-refractivity contribution in [2.24, 2.45) is 5.92 Å². The molecule has 0 unspecified atom stereocenters. The van der Waals surface area contributed by atoms with E-state index in [-0.39, 0.29) is 11.4 Å². The van der Waals surface area contributed by atoms with Gasteiger partial charge in [0.25, 0.3) is 0 Å². The molecule has 0 spiro atoms. The van der Waals surface area contributed by atoms with Gasteiger partial charge in [-0.25, -0.2) is 0 Å². The first-order valence-corrected chi connectivity index (χ1v) is 10.6. The average molecular weight is 379 g/mol. The quantitative estimate of drug-likeness (QED) is 0.671. The van der Waals surface area contributed by atoms with Crippen molar-refractivity contribution in [3.05, 3.63) is 71.8 Å². The highest BCUT2D eigenvalue weighted by Crippen LogP contribution is 2.43. The third-order valence-corrected chi connectivity index (χ3v) is 6.38. The monoisotopic (exact) mass is 378 g/mol. The van der Waals surface area contributed by atoms with Crippen LogP contribution < -0.4 is 5.32 Å². The molecule has 1 fully saturated rings. The topological polar surface area (TPSA) is 32.3 Å². The minimum atomic E-state index is 0.115. The maximum absolute atomic E-state index is 12.4. The fraction of sp³-hybridized carbons (Fsp3) is 0.480. The fourth-order valence-corrected chi connectivity index (χ4v) is 4.60. The van der Waals surface area contributed by atoms with Gasteiger partial charge in [0, 0.05) is 18.5 Å². The maximum atomic E-state index is 12.4. The smallest absolute Gasteiger partial charge is 0.220 e. The van der Waals surface area contributed by atoms with Crippen LogP contribution in [0.1, 0.15) is 49.7 Å². The molecule has 1 saturated carbocycles. The molecule has 150 valence electrons. The average Bonchev–Trinajstić information content (AvgIpc) is 2.73. The van der Waals surface area contributed by atoms with E-state index in [0.29, 0.717) is 12.3 Å². The third kappa shape index (κ3) is 5.23. The SMILES string of the molecule is CN(C)C1(c2ccccc2)CCC(CC(=O)NCCCc2ccccc2)CC1. The lowest BCUT2D eigenvalue weighted by atomic mass is 9.71. The summed E-state index contributed by atoms with van der Waals surface area (Å²) in [4.78, 5) is 14.7. The largest absolute Gasteiger partial charge is 0.356 e. The molecule has 28 heavy (non-hydrogen) atoms. The van der Waals surface area contributed by atoms with Crippen molar-refractivity contribution < 1.29 is 4.79 Å². The van der Waals surface area contributed by atoms with Crippen molar-refractivity contribution >= 4 is 5.91 Å². The van der Waals surface area contributed by atoms with Gasteiger partial charge in [-0.15, -0.1) is 0 Å².